The van der Waals surface area contributed by atoms with Crippen LogP contribution in [0.25, 0.3) is 0 Å². The lowest BCUT2D eigenvalue weighted by Crippen LogP contribution is -2.47. The van der Waals surface area contributed by atoms with Gasteiger partial charge in [-0.3, -0.25) is 4.99 Å². The molecule has 2 N–H and O–H groups in total. The highest BCUT2D eigenvalue weighted by Gasteiger charge is 2.13. The summed E-state index contributed by atoms with van der Waals surface area (Å²) in [6.45, 7) is 9.44. The van der Waals surface area contributed by atoms with Gasteiger partial charge in [0.25, 0.3) is 0 Å². The molecule has 0 heterocycles. The van der Waals surface area contributed by atoms with Crippen molar-refractivity contribution in [3.05, 3.63) is 35.9 Å². The first-order chi connectivity index (χ1) is 10.7. The molecular weight excluding hydrogens is 310 g/mol. The Kier molecular flexibility index (Phi) is 7.55. The second-order valence-electron chi connectivity index (χ2n) is 6.57. The van der Waals surface area contributed by atoms with Gasteiger partial charge in [-0.15, -0.1) is 0 Å². The smallest absolute Gasteiger partial charge is 0.191 e. The third-order valence-corrected chi connectivity index (χ3v) is 4.63. The van der Waals surface area contributed by atoms with E-state index in [-0.39, 0.29) is 17.0 Å². The Balaban J connectivity index is 2.48. The molecule has 1 aromatic carbocycles. The minimum absolute atomic E-state index is 0.0829. The van der Waals surface area contributed by atoms with E-state index in [1.807, 2.05) is 37.3 Å². The molecule has 0 unspecified atom stereocenters. The molecule has 0 atom stereocenters. The number of benzene rings is 1. The summed E-state index contributed by atoms with van der Waals surface area (Å²) in [5, 5.41) is 6.45. The van der Waals surface area contributed by atoms with Gasteiger partial charge in [0, 0.05) is 18.6 Å². The topological polar surface area (TPSA) is 70.6 Å². The van der Waals surface area contributed by atoms with Crippen molar-refractivity contribution in [3.63, 3.8) is 0 Å². The van der Waals surface area contributed by atoms with Crippen LogP contribution in [0, 0.1) is 0 Å². The Morgan fingerprint density at radius 3 is 2.39 bits per heavy atom. The van der Waals surface area contributed by atoms with E-state index >= 15 is 0 Å². The molecule has 0 aromatic heterocycles. The summed E-state index contributed by atoms with van der Waals surface area (Å²) in [6, 6.07) is 9.28. The van der Waals surface area contributed by atoms with Crippen LogP contribution in [-0.2, 0) is 15.6 Å². The van der Waals surface area contributed by atoms with Gasteiger partial charge < -0.3 is 10.6 Å². The van der Waals surface area contributed by atoms with E-state index in [9.17, 15) is 8.42 Å². The fourth-order valence-corrected chi connectivity index (χ4v) is 3.45. The molecule has 0 aliphatic carbocycles. The molecule has 5 nitrogen and oxygen atoms in total. The van der Waals surface area contributed by atoms with Gasteiger partial charge in [-0.05, 0) is 39.7 Å². The summed E-state index contributed by atoms with van der Waals surface area (Å²) in [5.41, 5.74) is 0.749. The van der Waals surface area contributed by atoms with E-state index in [4.69, 9.17) is 0 Å². The Bertz CT molecular complexity index is 590. The zero-order valence-electron chi connectivity index (χ0n) is 14.6. The predicted octanol–water partition coefficient (Wildman–Crippen LogP) is 2.35. The minimum atomic E-state index is -3.09. The normalized spacial score (nSPS) is 13.0. The molecule has 0 spiro atoms. The molecule has 6 heteroatoms. The van der Waals surface area contributed by atoms with Gasteiger partial charge in [0.15, 0.2) is 15.8 Å². The number of rotatable bonds is 7. The number of nitrogens with one attached hydrogen (secondary N) is 2. The summed E-state index contributed by atoms with van der Waals surface area (Å²) in [6.07, 6.45) is 0.524. The summed E-state index contributed by atoms with van der Waals surface area (Å²) < 4.78 is 24.2. The van der Waals surface area contributed by atoms with E-state index in [1.165, 1.54) is 0 Å². The van der Waals surface area contributed by atoms with Gasteiger partial charge in [-0.1, -0.05) is 30.3 Å². The van der Waals surface area contributed by atoms with Crippen molar-refractivity contribution in [2.75, 3.05) is 18.8 Å². The fraction of sp³-hybridized carbons (Fsp3) is 0.588. The molecule has 0 amide bonds. The first kappa shape index (κ1) is 19.5. The van der Waals surface area contributed by atoms with Crippen molar-refractivity contribution in [2.24, 2.45) is 4.99 Å². The van der Waals surface area contributed by atoms with Crippen LogP contribution in [0.2, 0.25) is 0 Å². The zero-order chi connectivity index (χ0) is 17.3. The van der Waals surface area contributed by atoms with Gasteiger partial charge in [-0.2, -0.15) is 0 Å². The monoisotopic (exact) mass is 339 g/mol. The number of aliphatic imine (C=N–C) groups is 1. The van der Waals surface area contributed by atoms with E-state index in [2.05, 4.69) is 36.4 Å². The Morgan fingerprint density at radius 2 is 1.83 bits per heavy atom. The Labute approximate surface area is 140 Å². The first-order valence-electron chi connectivity index (χ1n) is 8.03. The fourth-order valence-electron chi connectivity index (χ4n) is 2.04. The molecule has 23 heavy (non-hydrogen) atoms. The van der Waals surface area contributed by atoms with Gasteiger partial charge in [0.05, 0.1) is 11.5 Å². The Morgan fingerprint density at radius 1 is 1.17 bits per heavy atom. The second-order valence-corrected chi connectivity index (χ2v) is 8.75. The molecule has 0 aliphatic heterocycles. The number of hydrogen-bond donors (Lipinski definition) is 2. The van der Waals surface area contributed by atoms with E-state index in [0.29, 0.717) is 13.0 Å². The predicted molar refractivity (Wildman–Crippen MR) is 97.4 cm³/mol. The molecule has 0 bridgehead atoms. The quantitative estimate of drug-likeness (QED) is 0.454. The highest BCUT2D eigenvalue weighted by atomic mass is 32.2. The average Bonchev–Trinajstić information content (AvgIpc) is 2.43. The average molecular weight is 340 g/mol. The molecule has 130 valence electrons. The Hall–Kier alpha value is -1.56. The lowest BCUT2D eigenvalue weighted by molar-refractivity contribution is 0.501. The molecule has 0 saturated carbocycles. The molecule has 0 fully saturated rings. The number of nitrogens with zero attached hydrogens (tertiary/aromatic N) is 1. The summed E-state index contributed by atoms with van der Waals surface area (Å²) in [5.74, 6) is 0.971. The van der Waals surface area contributed by atoms with Crippen LogP contribution in [0.4, 0.5) is 0 Å². The highest BCUT2D eigenvalue weighted by molar-refractivity contribution is 7.90. The molecule has 0 radical (unpaired) electrons. The van der Waals surface area contributed by atoms with Crippen molar-refractivity contribution in [1.29, 1.82) is 0 Å². The van der Waals surface area contributed by atoms with Gasteiger partial charge >= 0.3 is 0 Å². The molecular formula is C17H29N3O2S. The zero-order valence-corrected chi connectivity index (χ0v) is 15.4. The van der Waals surface area contributed by atoms with Crippen molar-refractivity contribution in [2.45, 2.75) is 45.4 Å². The maximum absolute atomic E-state index is 12.1. The molecule has 1 rings (SSSR count). The number of hydrogen-bond acceptors (Lipinski definition) is 3. The second kappa shape index (κ2) is 8.91. The van der Waals surface area contributed by atoms with Crippen LogP contribution in [0.3, 0.4) is 0 Å². The lowest BCUT2D eigenvalue weighted by atomic mass is 10.1. The van der Waals surface area contributed by atoms with E-state index in [1.54, 1.807) is 0 Å². The van der Waals surface area contributed by atoms with Gasteiger partial charge in [0.2, 0.25) is 0 Å². The van der Waals surface area contributed by atoms with Crippen molar-refractivity contribution in [1.82, 2.24) is 10.6 Å². The molecule has 1 aromatic rings. The standard InChI is InChI=1S/C17H29N3O2S/c1-5-18-16(20-17(2,3)4)19-12-9-13-23(21,22)14-15-10-7-6-8-11-15/h6-8,10-11H,5,9,12-14H2,1-4H3,(H2,18,19,20). The summed E-state index contributed by atoms with van der Waals surface area (Å²) >= 11 is 0. The van der Waals surface area contributed by atoms with Crippen molar-refractivity contribution < 1.29 is 8.42 Å². The molecule has 0 saturated heterocycles. The maximum Gasteiger partial charge on any atom is 0.191 e. The number of sulfone groups is 1. The van der Waals surface area contributed by atoms with Crippen LogP contribution >= 0.6 is 0 Å². The molecule has 0 aliphatic rings. The van der Waals surface area contributed by atoms with Crippen LogP contribution in [0.1, 0.15) is 39.7 Å². The largest absolute Gasteiger partial charge is 0.357 e. The number of guanidine groups is 1. The first-order valence-corrected chi connectivity index (χ1v) is 9.85. The van der Waals surface area contributed by atoms with Crippen LogP contribution in [0.5, 0.6) is 0 Å². The lowest BCUT2D eigenvalue weighted by Gasteiger charge is -2.23. The third kappa shape index (κ3) is 9.23. The maximum atomic E-state index is 12.1. The van der Waals surface area contributed by atoms with E-state index in [0.717, 1.165) is 18.1 Å². The minimum Gasteiger partial charge on any atom is -0.357 e. The van der Waals surface area contributed by atoms with Crippen molar-refractivity contribution >= 4 is 15.8 Å². The summed E-state index contributed by atoms with van der Waals surface area (Å²) in [4.78, 5) is 4.44. The SMILES string of the molecule is CCNC(=NCCCS(=O)(=O)Cc1ccccc1)NC(C)(C)C. The van der Waals surface area contributed by atoms with Gasteiger partial charge in [-0.25, -0.2) is 8.42 Å². The van der Waals surface area contributed by atoms with Crippen LogP contribution < -0.4 is 10.6 Å². The highest BCUT2D eigenvalue weighted by Crippen LogP contribution is 2.07. The van der Waals surface area contributed by atoms with E-state index < -0.39 is 9.84 Å². The van der Waals surface area contributed by atoms with Crippen LogP contribution in [-0.4, -0.2) is 38.8 Å². The van der Waals surface area contributed by atoms with Crippen LogP contribution in [0.15, 0.2) is 35.3 Å². The van der Waals surface area contributed by atoms with Gasteiger partial charge in [0.1, 0.15) is 0 Å². The third-order valence-electron chi connectivity index (χ3n) is 2.95. The van der Waals surface area contributed by atoms with Crippen molar-refractivity contribution in [3.8, 4) is 0 Å². The summed E-state index contributed by atoms with van der Waals surface area (Å²) in [7, 11) is -3.09.